The van der Waals surface area contributed by atoms with Crippen molar-refractivity contribution in [3.05, 3.63) is 48.7 Å². The molecule has 2 aromatic rings. The highest BCUT2D eigenvalue weighted by atomic mass is 32.2. The van der Waals surface area contributed by atoms with Crippen LogP contribution in [0.5, 0.6) is 0 Å². The molecule has 0 aliphatic carbocycles. The molecule has 2 heterocycles. The minimum atomic E-state index is -3.65. The molecule has 1 N–H and O–H groups in total. The molecule has 1 aliphatic heterocycles. The lowest BCUT2D eigenvalue weighted by molar-refractivity contribution is 0.208. The lowest BCUT2D eigenvalue weighted by Crippen LogP contribution is -2.37. The van der Waals surface area contributed by atoms with Crippen LogP contribution in [0.25, 0.3) is 0 Å². The number of aliphatic hydroxyl groups is 1. The molecule has 1 aliphatic rings. The first-order valence-electron chi connectivity index (χ1n) is 8.96. The van der Waals surface area contributed by atoms with E-state index in [9.17, 15) is 13.5 Å². The molecule has 0 bridgehead atoms. The van der Waals surface area contributed by atoms with Crippen LogP contribution in [0, 0.1) is 5.92 Å². The molecule has 0 saturated carbocycles. The highest BCUT2D eigenvalue weighted by Crippen LogP contribution is 2.25. The van der Waals surface area contributed by atoms with Crippen molar-refractivity contribution in [2.24, 2.45) is 5.92 Å². The van der Waals surface area contributed by atoms with E-state index >= 15 is 0 Å². The van der Waals surface area contributed by atoms with Gasteiger partial charge in [-0.15, -0.1) is 0 Å². The number of rotatable bonds is 6. The highest BCUT2D eigenvalue weighted by Gasteiger charge is 2.25. The normalized spacial score (nSPS) is 17.9. The van der Waals surface area contributed by atoms with Gasteiger partial charge in [0.05, 0.1) is 5.69 Å². The molecule has 1 atom stereocenters. The van der Waals surface area contributed by atoms with Crippen molar-refractivity contribution in [3.8, 4) is 0 Å². The Balaban J connectivity index is 1.83. The molecule has 1 fully saturated rings. The highest BCUT2D eigenvalue weighted by molar-refractivity contribution is 7.92. The monoisotopic (exact) mass is 375 g/mol. The van der Waals surface area contributed by atoms with E-state index in [0.29, 0.717) is 12.2 Å². The summed E-state index contributed by atoms with van der Waals surface area (Å²) in [4.78, 5) is 6.68. The van der Waals surface area contributed by atoms with Gasteiger partial charge in [0.25, 0.3) is 10.0 Å². The van der Waals surface area contributed by atoms with Crippen LogP contribution in [0.15, 0.2) is 53.6 Å². The van der Waals surface area contributed by atoms with Gasteiger partial charge < -0.3 is 10.0 Å². The molecule has 0 spiro atoms. The van der Waals surface area contributed by atoms with Crippen LogP contribution in [0.1, 0.15) is 19.8 Å². The first-order valence-corrected chi connectivity index (χ1v) is 10.4. The summed E-state index contributed by atoms with van der Waals surface area (Å²) in [6.45, 7) is 3.96. The van der Waals surface area contributed by atoms with Gasteiger partial charge in [-0.25, -0.2) is 13.4 Å². The summed E-state index contributed by atoms with van der Waals surface area (Å²) < 4.78 is 27.4. The van der Waals surface area contributed by atoms with Crippen molar-refractivity contribution in [2.75, 3.05) is 35.4 Å². The fraction of sp³-hybridized carbons (Fsp3) is 0.421. The van der Waals surface area contributed by atoms with Crippen molar-refractivity contribution in [3.63, 3.8) is 0 Å². The molecule has 140 valence electrons. The van der Waals surface area contributed by atoms with Crippen molar-refractivity contribution < 1.29 is 13.5 Å². The number of nitrogens with zero attached hydrogens (tertiary/aromatic N) is 3. The van der Waals surface area contributed by atoms with Crippen LogP contribution in [-0.4, -0.2) is 44.7 Å². The van der Waals surface area contributed by atoms with Gasteiger partial charge in [-0.1, -0.05) is 18.2 Å². The smallest absolute Gasteiger partial charge is 0.265 e. The zero-order valence-corrected chi connectivity index (χ0v) is 15.8. The second-order valence-electron chi connectivity index (χ2n) is 6.49. The third-order valence-electron chi connectivity index (χ3n) is 4.74. The summed E-state index contributed by atoms with van der Waals surface area (Å²) in [5, 5.41) is 9.37. The average molecular weight is 375 g/mol. The standard InChI is InChI=1S/C19H25N3O3S/c1-2-22(17-8-4-3-5-9-17)26(24,25)18-10-11-19(20-13-18)21-12-6-7-16(14-21)15-23/h3-5,8-11,13,16,23H,2,6-7,12,14-15H2,1H3. The Hall–Kier alpha value is -2.12. The second kappa shape index (κ2) is 8.05. The largest absolute Gasteiger partial charge is 0.396 e. The topological polar surface area (TPSA) is 73.7 Å². The summed E-state index contributed by atoms with van der Waals surface area (Å²) in [7, 11) is -3.65. The summed E-state index contributed by atoms with van der Waals surface area (Å²) in [5.41, 5.74) is 0.640. The first-order chi connectivity index (χ1) is 12.6. The van der Waals surface area contributed by atoms with E-state index in [0.717, 1.165) is 31.7 Å². The molecule has 1 unspecified atom stereocenters. The molecule has 7 heteroatoms. The lowest BCUT2D eigenvalue weighted by Gasteiger charge is -2.32. The van der Waals surface area contributed by atoms with E-state index in [1.54, 1.807) is 24.3 Å². The molecular weight excluding hydrogens is 350 g/mol. The van der Waals surface area contributed by atoms with Crippen LogP contribution in [0.4, 0.5) is 11.5 Å². The van der Waals surface area contributed by atoms with Crippen LogP contribution in [-0.2, 0) is 10.0 Å². The fourth-order valence-corrected chi connectivity index (χ4v) is 4.77. The second-order valence-corrected chi connectivity index (χ2v) is 8.36. The number of aliphatic hydroxyl groups excluding tert-OH is 1. The van der Waals surface area contributed by atoms with E-state index in [2.05, 4.69) is 9.88 Å². The Morgan fingerprint density at radius 3 is 2.62 bits per heavy atom. The minimum Gasteiger partial charge on any atom is -0.396 e. The molecule has 6 nitrogen and oxygen atoms in total. The number of hydrogen-bond donors (Lipinski definition) is 1. The zero-order chi connectivity index (χ0) is 18.6. The Bertz CT molecular complexity index is 810. The maximum Gasteiger partial charge on any atom is 0.265 e. The molecule has 0 amide bonds. The number of aromatic nitrogens is 1. The maximum atomic E-state index is 13.0. The molecule has 3 rings (SSSR count). The van der Waals surface area contributed by atoms with Gasteiger partial charge in [-0.3, -0.25) is 4.31 Å². The molecule has 0 radical (unpaired) electrons. The summed E-state index contributed by atoms with van der Waals surface area (Å²) >= 11 is 0. The number of benzene rings is 1. The Labute approximate surface area is 155 Å². The summed E-state index contributed by atoms with van der Waals surface area (Å²) in [6.07, 6.45) is 3.45. The predicted octanol–water partition coefficient (Wildman–Crippen LogP) is 2.51. The van der Waals surface area contributed by atoms with Gasteiger partial charge in [0.2, 0.25) is 0 Å². The van der Waals surface area contributed by atoms with Gasteiger partial charge >= 0.3 is 0 Å². The van der Waals surface area contributed by atoms with E-state index in [-0.39, 0.29) is 17.4 Å². The van der Waals surface area contributed by atoms with E-state index in [4.69, 9.17) is 0 Å². The Morgan fingerprint density at radius 2 is 2.00 bits per heavy atom. The summed E-state index contributed by atoms with van der Waals surface area (Å²) in [5.74, 6) is 1.01. The van der Waals surface area contributed by atoms with Crippen molar-refractivity contribution in [2.45, 2.75) is 24.7 Å². The van der Waals surface area contributed by atoms with Gasteiger partial charge in [0.1, 0.15) is 10.7 Å². The number of piperidine rings is 1. The van der Waals surface area contributed by atoms with Crippen LogP contribution in [0.2, 0.25) is 0 Å². The van der Waals surface area contributed by atoms with Crippen molar-refractivity contribution in [1.29, 1.82) is 0 Å². The molecule has 26 heavy (non-hydrogen) atoms. The number of para-hydroxylation sites is 1. The predicted molar refractivity (Wildman–Crippen MR) is 103 cm³/mol. The Morgan fingerprint density at radius 1 is 1.23 bits per heavy atom. The van der Waals surface area contributed by atoms with Crippen molar-refractivity contribution >= 4 is 21.5 Å². The minimum absolute atomic E-state index is 0.172. The van der Waals surface area contributed by atoms with Gasteiger partial charge in [-0.05, 0) is 49.9 Å². The molecule has 1 saturated heterocycles. The van der Waals surface area contributed by atoms with Gasteiger partial charge in [0, 0.05) is 32.4 Å². The SMILES string of the molecule is CCN(c1ccccc1)S(=O)(=O)c1ccc(N2CCCC(CO)C2)nc1. The Kier molecular flexibility index (Phi) is 5.78. The first kappa shape index (κ1) is 18.7. The zero-order valence-electron chi connectivity index (χ0n) is 15.0. The third kappa shape index (κ3) is 3.83. The molecular formula is C19H25N3O3S. The maximum absolute atomic E-state index is 13.0. The van der Waals surface area contributed by atoms with Crippen LogP contribution in [0.3, 0.4) is 0 Å². The number of pyridine rings is 1. The number of anilines is 2. The van der Waals surface area contributed by atoms with E-state index in [1.807, 2.05) is 25.1 Å². The molecule has 1 aromatic carbocycles. The lowest BCUT2D eigenvalue weighted by atomic mass is 9.99. The quantitative estimate of drug-likeness (QED) is 0.840. The fourth-order valence-electron chi connectivity index (χ4n) is 3.35. The van der Waals surface area contributed by atoms with E-state index < -0.39 is 10.0 Å². The van der Waals surface area contributed by atoms with Crippen LogP contribution < -0.4 is 9.21 Å². The van der Waals surface area contributed by atoms with E-state index in [1.165, 1.54) is 10.5 Å². The van der Waals surface area contributed by atoms with Crippen LogP contribution >= 0.6 is 0 Å². The van der Waals surface area contributed by atoms with Gasteiger partial charge in [-0.2, -0.15) is 0 Å². The molecule has 1 aromatic heterocycles. The third-order valence-corrected chi connectivity index (χ3v) is 6.63. The average Bonchev–Trinajstić information content (AvgIpc) is 2.69. The number of sulfonamides is 1. The summed E-state index contributed by atoms with van der Waals surface area (Å²) in [6, 6.07) is 12.4. The van der Waals surface area contributed by atoms with Gasteiger partial charge in [0.15, 0.2) is 0 Å². The van der Waals surface area contributed by atoms with Crippen molar-refractivity contribution in [1.82, 2.24) is 4.98 Å². The number of hydrogen-bond acceptors (Lipinski definition) is 5.